The maximum atomic E-state index is 13.0. The second-order valence-electron chi connectivity index (χ2n) is 20.2. The lowest BCUT2D eigenvalue weighted by atomic mass is 9.33. The van der Waals surface area contributed by atoms with Crippen LogP contribution in [0.4, 0.5) is 0 Å². The fourth-order valence-corrected chi connectivity index (χ4v) is 13.3. The number of aliphatic hydroxyl groups excluding tert-OH is 5. The van der Waals surface area contributed by atoms with Gasteiger partial charge in [-0.15, -0.1) is 0 Å². The first-order valence-corrected chi connectivity index (χ1v) is 20.1. The minimum Gasteiger partial charge on any atom is -0.481 e. The Hall–Kier alpha value is -1.15. The molecule has 1 unspecified atom stereocenters. The van der Waals surface area contributed by atoms with E-state index in [-0.39, 0.29) is 45.7 Å². The maximum Gasteiger partial charge on any atom is 0.310 e. The van der Waals surface area contributed by atoms with Crippen LogP contribution in [-0.4, -0.2) is 105 Å². The Morgan fingerprint density at radius 3 is 2.17 bits per heavy atom. The molecule has 7 rings (SSSR count). The summed E-state index contributed by atoms with van der Waals surface area (Å²) in [6.07, 6.45) is -0.253. The quantitative estimate of drug-likeness (QED) is 0.173. The number of aliphatic carboxylic acids is 1. The van der Waals surface area contributed by atoms with E-state index in [1.165, 1.54) is 5.57 Å². The summed E-state index contributed by atoms with van der Waals surface area (Å²) >= 11 is 0. The van der Waals surface area contributed by atoms with E-state index in [2.05, 4.69) is 54.5 Å². The number of hydrogen-bond donors (Lipinski definition) is 6. The molecule has 0 bridgehead atoms. The molecular weight excluding hydrogens is 668 g/mol. The summed E-state index contributed by atoms with van der Waals surface area (Å²) in [5.41, 5.74) is 0.579. The van der Waals surface area contributed by atoms with Crippen LogP contribution >= 0.6 is 0 Å². The van der Waals surface area contributed by atoms with Crippen LogP contribution in [0.5, 0.6) is 0 Å². The second kappa shape index (κ2) is 12.9. The van der Waals surface area contributed by atoms with E-state index in [0.717, 1.165) is 64.2 Å². The summed E-state index contributed by atoms with van der Waals surface area (Å²) in [5, 5.41) is 63.6. The molecule has 0 aromatic carbocycles. The number of aliphatic hydroxyl groups is 5. The Balaban J connectivity index is 1.13. The number of allylic oxidation sites excluding steroid dienone is 2. The molecule has 0 radical (unpaired) electrons. The van der Waals surface area contributed by atoms with Gasteiger partial charge in [-0.1, -0.05) is 60.1 Å². The Bertz CT molecular complexity index is 1410. The van der Waals surface area contributed by atoms with Gasteiger partial charge in [0.05, 0.1) is 24.2 Å². The van der Waals surface area contributed by atoms with Gasteiger partial charge in [0.15, 0.2) is 12.6 Å². The predicted molar refractivity (Wildman–Crippen MR) is 191 cm³/mol. The van der Waals surface area contributed by atoms with Crippen molar-refractivity contribution in [2.45, 2.75) is 181 Å². The third-order valence-electron chi connectivity index (χ3n) is 16.8. The Morgan fingerprint density at radius 1 is 0.788 bits per heavy atom. The molecule has 5 aliphatic carbocycles. The average Bonchev–Trinajstić information content (AvgIpc) is 3.06. The van der Waals surface area contributed by atoms with E-state index < -0.39 is 66.7 Å². The molecule has 0 spiro atoms. The molecule has 0 aromatic heterocycles. The van der Waals surface area contributed by atoms with Crippen LogP contribution in [0.2, 0.25) is 0 Å². The number of carboxylic acids is 1. The van der Waals surface area contributed by atoms with E-state index in [0.29, 0.717) is 11.8 Å². The van der Waals surface area contributed by atoms with Gasteiger partial charge in [-0.25, -0.2) is 0 Å². The van der Waals surface area contributed by atoms with Gasteiger partial charge in [-0.2, -0.15) is 0 Å². The van der Waals surface area contributed by atoms with Gasteiger partial charge >= 0.3 is 5.97 Å². The molecule has 2 saturated heterocycles. The molecule has 7 aliphatic rings. The summed E-state index contributed by atoms with van der Waals surface area (Å²) < 4.78 is 24.5. The van der Waals surface area contributed by atoms with E-state index >= 15 is 0 Å². The SMILES string of the molecule is C[C@@H]1OC(O[C@H]2[C@H](O[C@H]3CC[C@]4(C)[C@H]5CC=C6[C@@H]7CC(C)(C)CC[C@]7(C(=O)O)CC[C@@]6(C)[C@]5(C)CC[C@H]4C3(C)C)OC[C@@H](O)[C@@H]2O)[C@@H](O)[C@H](O)[C@H]1O. The van der Waals surface area contributed by atoms with Crippen molar-refractivity contribution >= 4 is 5.97 Å². The molecular formula is C41H66O11. The summed E-state index contributed by atoms with van der Waals surface area (Å²) in [5.74, 6) is 0.219. The van der Waals surface area contributed by atoms with E-state index in [4.69, 9.17) is 18.9 Å². The molecule has 0 aromatic rings. The predicted octanol–water partition coefficient (Wildman–Crippen LogP) is 4.55. The standard InChI is InChI=1S/C41H66O11/c1-21-28(43)30(45)31(46)33(50-21)52-32-29(44)24(42)20-49-34(32)51-27-12-13-38(6)25(37(27,4)5)11-14-40(8)26(38)10-9-22-23-19-36(2,3)15-17-41(23,35(47)48)18-16-39(22,40)7/h9,21,23-34,42-46H,10-20H2,1-8H3,(H,47,48)/t21-,23-,24+,25-,26+,27-,28-,29-,30+,31-,32+,33?,34-,38-,39+,40+,41-/m0/s1. The highest BCUT2D eigenvalue weighted by molar-refractivity contribution is 5.76. The van der Waals surface area contributed by atoms with Crippen LogP contribution in [-0.2, 0) is 23.7 Å². The fraction of sp³-hybridized carbons (Fsp3) is 0.927. The number of hydrogen-bond acceptors (Lipinski definition) is 10. The zero-order chi connectivity index (χ0) is 38.0. The lowest BCUT2D eigenvalue weighted by molar-refractivity contribution is -0.364. The zero-order valence-corrected chi connectivity index (χ0v) is 32.6. The van der Waals surface area contributed by atoms with Gasteiger partial charge < -0.3 is 49.6 Å². The number of carboxylic acid groups (broad SMARTS) is 1. The first-order valence-electron chi connectivity index (χ1n) is 20.1. The van der Waals surface area contributed by atoms with Crippen molar-refractivity contribution in [1.29, 1.82) is 0 Å². The largest absolute Gasteiger partial charge is 0.481 e. The topological polar surface area (TPSA) is 175 Å². The highest BCUT2D eigenvalue weighted by Gasteiger charge is 2.69. The van der Waals surface area contributed by atoms with Crippen molar-refractivity contribution in [3.05, 3.63) is 11.6 Å². The minimum absolute atomic E-state index is 0.0146. The molecule has 11 heteroatoms. The monoisotopic (exact) mass is 734 g/mol. The van der Waals surface area contributed by atoms with Crippen LogP contribution in [0.15, 0.2) is 11.6 Å². The zero-order valence-electron chi connectivity index (χ0n) is 32.6. The third-order valence-corrected chi connectivity index (χ3v) is 16.8. The fourth-order valence-electron chi connectivity index (χ4n) is 13.3. The van der Waals surface area contributed by atoms with Gasteiger partial charge in [-0.05, 0) is 116 Å². The van der Waals surface area contributed by atoms with Crippen molar-refractivity contribution in [3.63, 3.8) is 0 Å². The first-order chi connectivity index (χ1) is 24.1. The van der Waals surface area contributed by atoms with Crippen LogP contribution in [0.25, 0.3) is 0 Å². The molecule has 2 aliphatic heterocycles. The van der Waals surface area contributed by atoms with E-state index in [1.807, 2.05) is 0 Å². The van der Waals surface area contributed by atoms with Gasteiger partial charge in [-0.3, -0.25) is 4.79 Å². The third kappa shape index (κ3) is 5.64. The molecule has 0 amide bonds. The minimum atomic E-state index is -1.58. The lowest BCUT2D eigenvalue weighted by Gasteiger charge is -2.71. The van der Waals surface area contributed by atoms with Crippen LogP contribution in [0, 0.1) is 50.2 Å². The molecule has 6 N–H and O–H groups in total. The molecule has 52 heavy (non-hydrogen) atoms. The Kier molecular flexibility index (Phi) is 9.74. The first kappa shape index (κ1) is 39.1. The average molecular weight is 735 g/mol. The van der Waals surface area contributed by atoms with Gasteiger partial charge in [0.2, 0.25) is 0 Å². The maximum absolute atomic E-state index is 13.0. The highest BCUT2D eigenvalue weighted by atomic mass is 16.8. The summed E-state index contributed by atoms with van der Waals surface area (Å²) in [6.45, 7) is 18.1. The smallest absolute Gasteiger partial charge is 0.310 e. The van der Waals surface area contributed by atoms with E-state index in [9.17, 15) is 35.4 Å². The Labute approximate surface area is 309 Å². The molecule has 2 heterocycles. The van der Waals surface area contributed by atoms with Gasteiger partial charge in [0.25, 0.3) is 0 Å². The highest BCUT2D eigenvalue weighted by Crippen LogP contribution is 2.76. The lowest BCUT2D eigenvalue weighted by Crippen LogP contribution is -2.66. The summed E-state index contributed by atoms with van der Waals surface area (Å²) in [6, 6.07) is 0. The number of carbonyl (C=O) groups is 1. The normalized spacial score (nSPS) is 54.1. The Morgan fingerprint density at radius 2 is 1.48 bits per heavy atom. The second-order valence-corrected chi connectivity index (χ2v) is 20.2. The van der Waals surface area contributed by atoms with E-state index in [1.54, 1.807) is 6.92 Å². The summed E-state index contributed by atoms with van der Waals surface area (Å²) in [4.78, 5) is 13.0. The molecule has 4 saturated carbocycles. The van der Waals surface area contributed by atoms with Crippen LogP contribution in [0.3, 0.4) is 0 Å². The van der Waals surface area contributed by atoms with Crippen LogP contribution < -0.4 is 0 Å². The van der Waals surface area contributed by atoms with Crippen LogP contribution in [0.1, 0.15) is 120 Å². The molecule has 296 valence electrons. The van der Waals surface area contributed by atoms with Crippen molar-refractivity contribution < 1.29 is 54.4 Å². The summed E-state index contributed by atoms with van der Waals surface area (Å²) in [7, 11) is 0. The van der Waals surface area contributed by atoms with Crippen molar-refractivity contribution in [2.75, 3.05) is 6.61 Å². The number of ether oxygens (including phenoxy) is 4. The molecule has 17 atom stereocenters. The van der Waals surface area contributed by atoms with Crippen molar-refractivity contribution in [1.82, 2.24) is 0 Å². The van der Waals surface area contributed by atoms with Gasteiger partial charge in [0.1, 0.15) is 36.6 Å². The number of fused-ring (bicyclic) bond motifs is 7. The van der Waals surface area contributed by atoms with Crippen molar-refractivity contribution in [2.24, 2.45) is 50.2 Å². The number of rotatable bonds is 5. The molecule has 11 nitrogen and oxygen atoms in total. The van der Waals surface area contributed by atoms with Crippen molar-refractivity contribution in [3.8, 4) is 0 Å². The van der Waals surface area contributed by atoms with Gasteiger partial charge in [0, 0.05) is 0 Å². The molecule has 6 fully saturated rings.